The molecule has 3 aromatic rings. The Morgan fingerprint density at radius 2 is 1.70 bits per heavy atom. The van der Waals surface area contributed by atoms with Crippen molar-refractivity contribution in [2.75, 3.05) is 0 Å². The summed E-state index contributed by atoms with van der Waals surface area (Å²) in [5.41, 5.74) is 3.05. The van der Waals surface area contributed by atoms with E-state index in [0.29, 0.717) is 28.9 Å². The number of aryl methyl sites for hydroxylation is 2. The highest BCUT2D eigenvalue weighted by Gasteiger charge is 2.27. The number of aliphatic carboxylic acids is 1. The molecule has 0 aliphatic rings. The minimum atomic E-state index is -1.10. The van der Waals surface area contributed by atoms with Gasteiger partial charge in [-0.05, 0) is 49.9 Å². The Labute approximate surface area is 192 Å². The molecule has 7 nitrogen and oxygen atoms in total. The first-order chi connectivity index (χ1) is 15.6. The maximum atomic E-state index is 12.8. The summed E-state index contributed by atoms with van der Waals surface area (Å²) in [6.07, 6.45) is -0.466. The molecule has 0 unspecified atom stereocenters. The zero-order valence-electron chi connectivity index (χ0n) is 19.5. The molecule has 2 aromatic carbocycles. The molecule has 0 aliphatic heterocycles. The van der Waals surface area contributed by atoms with Gasteiger partial charge < -0.3 is 19.6 Å². The minimum absolute atomic E-state index is 0.275. The van der Waals surface area contributed by atoms with E-state index in [1.165, 1.54) is 0 Å². The Balaban J connectivity index is 1.88. The number of carbonyl (C=O) groups is 2. The van der Waals surface area contributed by atoms with Gasteiger partial charge in [0.25, 0.3) is 5.91 Å². The van der Waals surface area contributed by atoms with Crippen LogP contribution in [0.5, 0.6) is 5.75 Å². The van der Waals surface area contributed by atoms with Crippen LogP contribution in [0.4, 0.5) is 0 Å². The quantitative estimate of drug-likeness (QED) is 0.502. The Bertz CT molecular complexity index is 1230. The summed E-state index contributed by atoms with van der Waals surface area (Å²) in [6, 6.07) is 12.2. The number of carboxylic acids is 1. The van der Waals surface area contributed by atoms with Crippen LogP contribution in [0.25, 0.3) is 11.0 Å². The van der Waals surface area contributed by atoms with Gasteiger partial charge in [-0.1, -0.05) is 44.2 Å². The van der Waals surface area contributed by atoms with Gasteiger partial charge in [0.05, 0.1) is 0 Å². The van der Waals surface area contributed by atoms with E-state index in [1.54, 1.807) is 33.8 Å². The van der Waals surface area contributed by atoms with Gasteiger partial charge in [0, 0.05) is 22.9 Å². The van der Waals surface area contributed by atoms with E-state index in [-0.39, 0.29) is 5.92 Å². The first kappa shape index (κ1) is 24.0. The predicted molar refractivity (Wildman–Crippen MR) is 126 cm³/mol. The zero-order chi connectivity index (χ0) is 24.3. The number of ether oxygens (including phenoxy) is 1. The molecule has 2 atom stereocenters. The van der Waals surface area contributed by atoms with E-state index in [0.717, 1.165) is 16.5 Å². The monoisotopic (exact) mass is 451 g/mol. The largest absolute Gasteiger partial charge is 0.480 e. The fourth-order valence-corrected chi connectivity index (χ4v) is 3.73. The van der Waals surface area contributed by atoms with Crippen LogP contribution in [-0.4, -0.2) is 29.1 Å². The van der Waals surface area contributed by atoms with Crippen molar-refractivity contribution in [1.29, 1.82) is 0 Å². The number of hydrogen-bond acceptors (Lipinski definition) is 5. The Kier molecular flexibility index (Phi) is 7.21. The van der Waals surface area contributed by atoms with Gasteiger partial charge in [-0.2, -0.15) is 0 Å². The molecule has 2 N–H and O–H groups in total. The molecule has 3 rings (SSSR count). The third kappa shape index (κ3) is 5.25. The van der Waals surface area contributed by atoms with Crippen LogP contribution in [0.3, 0.4) is 0 Å². The molecule has 0 saturated carbocycles. The fraction of sp³-hybridized carbons (Fsp3) is 0.346. The number of carbonyl (C=O) groups excluding carboxylic acids is 1. The molecule has 0 bridgehead atoms. The lowest BCUT2D eigenvalue weighted by atomic mass is 9.98. The van der Waals surface area contributed by atoms with Crippen LogP contribution in [-0.2, 0) is 16.0 Å². The van der Waals surface area contributed by atoms with Gasteiger partial charge in [-0.15, -0.1) is 0 Å². The normalized spacial score (nSPS) is 13.0. The van der Waals surface area contributed by atoms with E-state index in [4.69, 9.17) is 9.15 Å². The second kappa shape index (κ2) is 9.90. The number of hydrogen-bond donors (Lipinski definition) is 2. The van der Waals surface area contributed by atoms with E-state index >= 15 is 0 Å². The number of benzene rings is 2. The van der Waals surface area contributed by atoms with Crippen LogP contribution < -0.4 is 15.7 Å². The standard InChI is InChI=1S/C26H29NO6/c1-14(2)22(25(29)30)27-24(28)17(5)32-21-12-11-19-15(3)20(13-18-9-7-6-8-10-18)26(31)33-23(19)16(21)4/h6-12,14,17,22H,13H2,1-5H3,(H,27,28)(H,29,30)/t17-,22+/m1/s1. The van der Waals surface area contributed by atoms with Crippen molar-refractivity contribution < 1.29 is 23.8 Å². The molecule has 0 saturated heterocycles. The summed E-state index contributed by atoms with van der Waals surface area (Å²) >= 11 is 0. The van der Waals surface area contributed by atoms with Crippen LogP contribution in [0.15, 0.2) is 51.7 Å². The number of nitrogens with one attached hydrogen (secondary N) is 1. The molecule has 1 amide bonds. The maximum absolute atomic E-state index is 12.8. The number of carboxylic acid groups (broad SMARTS) is 1. The highest BCUT2D eigenvalue weighted by Crippen LogP contribution is 2.30. The van der Waals surface area contributed by atoms with Gasteiger partial charge >= 0.3 is 11.6 Å². The molecule has 1 heterocycles. The summed E-state index contributed by atoms with van der Waals surface area (Å²) < 4.78 is 11.5. The maximum Gasteiger partial charge on any atom is 0.340 e. The Hall–Kier alpha value is -3.61. The topological polar surface area (TPSA) is 106 Å². The van der Waals surface area contributed by atoms with Crippen molar-refractivity contribution in [1.82, 2.24) is 5.32 Å². The summed E-state index contributed by atoms with van der Waals surface area (Å²) in [4.78, 5) is 36.6. The summed E-state index contributed by atoms with van der Waals surface area (Å²) in [7, 11) is 0. The Morgan fingerprint density at radius 1 is 1.03 bits per heavy atom. The van der Waals surface area contributed by atoms with Gasteiger partial charge in [-0.25, -0.2) is 9.59 Å². The van der Waals surface area contributed by atoms with Crippen molar-refractivity contribution in [3.63, 3.8) is 0 Å². The smallest absolute Gasteiger partial charge is 0.340 e. The lowest BCUT2D eigenvalue weighted by Crippen LogP contribution is -2.48. The first-order valence-corrected chi connectivity index (χ1v) is 10.9. The first-order valence-electron chi connectivity index (χ1n) is 10.9. The summed E-state index contributed by atoms with van der Waals surface area (Å²) in [5, 5.41) is 12.6. The molecule has 0 radical (unpaired) electrons. The van der Waals surface area contributed by atoms with Crippen molar-refractivity contribution >= 4 is 22.8 Å². The minimum Gasteiger partial charge on any atom is -0.480 e. The van der Waals surface area contributed by atoms with Gasteiger partial charge in [0.15, 0.2) is 6.10 Å². The fourth-order valence-electron chi connectivity index (χ4n) is 3.73. The molecule has 33 heavy (non-hydrogen) atoms. The van der Waals surface area contributed by atoms with Gasteiger partial charge in [-0.3, -0.25) is 4.79 Å². The molecule has 1 aromatic heterocycles. The third-order valence-electron chi connectivity index (χ3n) is 5.78. The molecule has 0 fully saturated rings. The number of fused-ring (bicyclic) bond motifs is 1. The van der Waals surface area contributed by atoms with Gasteiger partial charge in [0.1, 0.15) is 17.4 Å². The SMILES string of the molecule is Cc1c(Cc2ccccc2)c(=O)oc2c(C)c(O[C@H](C)C(=O)N[C@H](C(=O)O)C(C)C)ccc12. The van der Waals surface area contributed by atoms with E-state index in [2.05, 4.69) is 5.32 Å². The van der Waals surface area contributed by atoms with E-state index in [1.807, 2.05) is 43.3 Å². The van der Waals surface area contributed by atoms with E-state index in [9.17, 15) is 19.5 Å². The van der Waals surface area contributed by atoms with E-state index < -0.39 is 29.6 Å². The van der Waals surface area contributed by atoms with Crippen molar-refractivity contribution in [2.45, 2.75) is 53.2 Å². The lowest BCUT2D eigenvalue weighted by Gasteiger charge is -2.22. The third-order valence-corrected chi connectivity index (χ3v) is 5.78. The average Bonchev–Trinajstić information content (AvgIpc) is 2.77. The number of amides is 1. The summed E-state index contributed by atoms with van der Waals surface area (Å²) in [5.74, 6) is -1.52. The highest BCUT2D eigenvalue weighted by molar-refractivity contribution is 5.88. The Morgan fingerprint density at radius 3 is 2.30 bits per heavy atom. The average molecular weight is 452 g/mol. The lowest BCUT2D eigenvalue weighted by molar-refractivity contribution is -0.144. The van der Waals surface area contributed by atoms with Crippen molar-refractivity contribution in [3.8, 4) is 5.75 Å². The summed E-state index contributed by atoms with van der Waals surface area (Å²) in [6.45, 7) is 8.63. The molecular formula is C26H29NO6. The number of rotatable bonds is 8. The zero-order valence-corrected chi connectivity index (χ0v) is 19.5. The molecule has 0 aliphatic carbocycles. The van der Waals surface area contributed by atoms with Crippen molar-refractivity contribution in [2.24, 2.45) is 5.92 Å². The second-order valence-electron chi connectivity index (χ2n) is 8.55. The van der Waals surface area contributed by atoms with Crippen LogP contribution in [0.2, 0.25) is 0 Å². The van der Waals surface area contributed by atoms with Crippen LogP contribution in [0, 0.1) is 19.8 Å². The highest BCUT2D eigenvalue weighted by atomic mass is 16.5. The molecule has 0 spiro atoms. The molecule has 7 heteroatoms. The second-order valence-corrected chi connectivity index (χ2v) is 8.55. The van der Waals surface area contributed by atoms with Crippen LogP contribution in [0.1, 0.15) is 43.0 Å². The van der Waals surface area contributed by atoms with Crippen LogP contribution >= 0.6 is 0 Å². The predicted octanol–water partition coefficient (Wildman–Crippen LogP) is 3.99. The van der Waals surface area contributed by atoms with Crippen molar-refractivity contribution in [3.05, 3.63) is 75.1 Å². The molecule has 174 valence electrons. The van der Waals surface area contributed by atoms with Gasteiger partial charge in [0.2, 0.25) is 0 Å². The molecular weight excluding hydrogens is 422 g/mol.